The second kappa shape index (κ2) is 8.23. The molecule has 8 atom stereocenters. The number of carbonyl (C=O) groups is 2. The van der Waals surface area contributed by atoms with Crippen LogP contribution in [-0.2, 0) is 19.2 Å². The summed E-state index contributed by atoms with van der Waals surface area (Å²) in [4.78, 5) is 30.9. The summed E-state index contributed by atoms with van der Waals surface area (Å²) in [6.07, 6.45) is 11.2. The molecule has 0 N–H and O–H groups in total. The lowest BCUT2D eigenvalue weighted by Crippen LogP contribution is -2.68. The summed E-state index contributed by atoms with van der Waals surface area (Å²) in [7, 11) is 3.32. The van der Waals surface area contributed by atoms with Gasteiger partial charge >= 0.3 is 5.97 Å². The fourth-order valence-corrected chi connectivity index (χ4v) is 9.78. The summed E-state index contributed by atoms with van der Waals surface area (Å²) < 4.78 is 6.18. The van der Waals surface area contributed by atoms with Crippen LogP contribution in [0.4, 0.5) is 0 Å². The molecule has 1 spiro atoms. The van der Waals surface area contributed by atoms with Crippen LogP contribution in [0.15, 0.2) is 0 Å². The quantitative estimate of drug-likeness (QED) is 0.438. The molecule has 5 aliphatic rings. The van der Waals surface area contributed by atoms with Crippen molar-refractivity contribution < 1.29 is 19.2 Å². The van der Waals surface area contributed by atoms with Gasteiger partial charge in [0.1, 0.15) is 6.10 Å². The van der Waals surface area contributed by atoms with Gasteiger partial charge in [-0.15, -0.1) is 0 Å². The number of esters is 1. The monoisotopic (exact) mass is 451 g/mol. The van der Waals surface area contributed by atoms with E-state index in [-0.39, 0.29) is 34.2 Å². The van der Waals surface area contributed by atoms with Crippen LogP contribution in [-0.4, -0.2) is 49.2 Å². The standard InChI is InChI=1S/C25H41NO4S/c1-16(27)30-21-18(15-31-6)17-8-12-25(21)13-9-19-23(2,20(25)14-17)10-7-11-24(19,3)22(28)26(4)29-5/h17-21H,7-15H2,1-6H3/t17-,18-,19-,20-,21+,23+,24+,25-/m0/s1. The minimum atomic E-state index is -0.383. The molecule has 0 radical (unpaired) electrons. The maximum absolute atomic E-state index is 13.4. The number of nitrogens with zero attached hydrogens (tertiary/aromatic N) is 1. The third-order valence-electron chi connectivity index (χ3n) is 10.1. The largest absolute Gasteiger partial charge is 0.462 e. The average Bonchev–Trinajstić information content (AvgIpc) is 2.74. The molecule has 31 heavy (non-hydrogen) atoms. The van der Waals surface area contributed by atoms with Crippen molar-refractivity contribution in [2.24, 2.45) is 39.9 Å². The van der Waals surface area contributed by atoms with Crippen LogP contribution in [0.1, 0.15) is 72.1 Å². The SMILES string of the molecule is CON(C)C(=O)[C@]1(C)CCC[C@@]2(C)[C@@H]3C[C@@H]4CC[C@@]3(CC[C@@H]21)[C@H](OC(C)=O)[C@H]4CSC. The van der Waals surface area contributed by atoms with Crippen molar-refractivity contribution in [2.45, 2.75) is 78.2 Å². The van der Waals surface area contributed by atoms with E-state index < -0.39 is 0 Å². The predicted octanol–water partition coefficient (Wildman–Crippen LogP) is 4.94. The Hall–Kier alpha value is -0.750. The normalized spacial score (nSPS) is 46.1. The Morgan fingerprint density at radius 3 is 2.45 bits per heavy atom. The highest BCUT2D eigenvalue weighted by Crippen LogP contribution is 2.73. The molecule has 0 unspecified atom stereocenters. The van der Waals surface area contributed by atoms with E-state index in [0.29, 0.717) is 23.7 Å². The number of thioether (sulfide) groups is 1. The highest BCUT2D eigenvalue weighted by Gasteiger charge is 2.69. The fourth-order valence-electron chi connectivity index (χ4n) is 8.94. The fraction of sp³-hybridized carbons (Fsp3) is 0.920. The summed E-state index contributed by atoms with van der Waals surface area (Å²) in [5.41, 5.74) is -0.191. The first kappa shape index (κ1) is 23.4. The molecule has 0 saturated heterocycles. The van der Waals surface area contributed by atoms with Gasteiger partial charge in [0.15, 0.2) is 0 Å². The Balaban J connectivity index is 1.72. The maximum atomic E-state index is 13.4. The van der Waals surface area contributed by atoms with E-state index in [9.17, 15) is 9.59 Å². The smallest absolute Gasteiger partial charge is 0.302 e. The minimum Gasteiger partial charge on any atom is -0.462 e. The first-order chi connectivity index (χ1) is 14.6. The van der Waals surface area contributed by atoms with Crippen molar-refractivity contribution in [3.63, 3.8) is 0 Å². The van der Waals surface area contributed by atoms with E-state index >= 15 is 0 Å². The van der Waals surface area contributed by atoms with Crippen molar-refractivity contribution in [3.05, 3.63) is 0 Å². The van der Waals surface area contributed by atoms with Gasteiger partial charge in [0.2, 0.25) is 0 Å². The second-order valence-electron chi connectivity index (χ2n) is 11.3. The summed E-state index contributed by atoms with van der Waals surface area (Å²) in [6, 6.07) is 0. The third-order valence-corrected chi connectivity index (χ3v) is 10.9. The van der Waals surface area contributed by atoms with Crippen molar-refractivity contribution in [1.29, 1.82) is 0 Å². The molecule has 5 saturated carbocycles. The van der Waals surface area contributed by atoms with Gasteiger partial charge in [-0.3, -0.25) is 14.4 Å². The summed E-state index contributed by atoms with van der Waals surface area (Å²) >= 11 is 1.89. The first-order valence-corrected chi connectivity index (χ1v) is 13.5. The molecule has 0 aromatic heterocycles. The Morgan fingerprint density at radius 1 is 1.10 bits per heavy atom. The van der Waals surface area contributed by atoms with Gasteiger partial charge in [-0.1, -0.05) is 20.3 Å². The number of hydrogen-bond donors (Lipinski definition) is 0. The molecule has 5 nitrogen and oxygen atoms in total. The van der Waals surface area contributed by atoms with Crippen LogP contribution in [0, 0.1) is 39.9 Å². The highest BCUT2D eigenvalue weighted by atomic mass is 32.2. The Labute approximate surface area is 192 Å². The first-order valence-electron chi connectivity index (χ1n) is 12.1. The number of hydroxylamine groups is 2. The van der Waals surface area contributed by atoms with Gasteiger partial charge in [0, 0.05) is 25.3 Å². The number of carbonyl (C=O) groups excluding carboxylic acids is 2. The molecule has 0 aliphatic heterocycles. The van der Waals surface area contributed by atoms with Gasteiger partial charge in [0.25, 0.3) is 5.91 Å². The minimum absolute atomic E-state index is 0.0401. The van der Waals surface area contributed by atoms with Crippen molar-refractivity contribution in [2.75, 3.05) is 26.2 Å². The summed E-state index contributed by atoms with van der Waals surface area (Å²) in [5.74, 6) is 3.05. The van der Waals surface area contributed by atoms with Crippen molar-refractivity contribution in [3.8, 4) is 0 Å². The van der Waals surface area contributed by atoms with Gasteiger partial charge in [-0.05, 0) is 80.1 Å². The number of rotatable bonds is 5. The topological polar surface area (TPSA) is 55.8 Å². The molecule has 5 aliphatic carbocycles. The molecule has 1 amide bonds. The molecular weight excluding hydrogens is 410 g/mol. The third kappa shape index (κ3) is 3.37. The summed E-state index contributed by atoms with van der Waals surface area (Å²) in [5, 5.41) is 1.44. The average molecular weight is 452 g/mol. The molecular formula is C25H41NO4S. The zero-order valence-electron chi connectivity index (χ0n) is 20.2. The van der Waals surface area contributed by atoms with Gasteiger partial charge < -0.3 is 4.74 Å². The molecule has 0 aromatic rings. The second-order valence-corrected chi connectivity index (χ2v) is 12.2. The zero-order chi connectivity index (χ0) is 22.6. The molecule has 6 heteroatoms. The van der Waals surface area contributed by atoms with E-state index in [0.717, 1.165) is 31.4 Å². The van der Waals surface area contributed by atoms with E-state index in [1.807, 2.05) is 11.8 Å². The zero-order valence-corrected chi connectivity index (χ0v) is 21.1. The van der Waals surface area contributed by atoms with Crippen LogP contribution < -0.4 is 0 Å². The van der Waals surface area contributed by atoms with Gasteiger partial charge in [-0.2, -0.15) is 11.8 Å². The van der Waals surface area contributed by atoms with Crippen molar-refractivity contribution in [1.82, 2.24) is 5.06 Å². The Morgan fingerprint density at radius 2 is 1.81 bits per heavy atom. The van der Waals surface area contributed by atoms with Crippen LogP contribution in [0.25, 0.3) is 0 Å². The van der Waals surface area contributed by atoms with E-state index in [1.54, 1.807) is 21.1 Å². The number of amides is 1. The number of fused-ring (bicyclic) bond motifs is 3. The van der Waals surface area contributed by atoms with E-state index in [2.05, 4.69) is 20.1 Å². The van der Waals surface area contributed by atoms with Crippen LogP contribution >= 0.6 is 11.8 Å². The molecule has 5 rings (SSSR count). The van der Waals surface area contributed by atoms with Crippen LogP contribution in [0.2, 0.25) is 0 Å². The number of ether oxygens (including phenoxy) is 1. The molecule has 2 bridgehead atoms. The van der Waals surface area contributed by atoms with Crippen LogP contribution in [0.3, 0.4) is 0 Å². The maximum Gasteiger partial charge on any atom is 0.302 e. The molecule has 176 valence electrons. The lowest BCUT2D eigenvalue weighted by molar-refractivity contribution is -0.251. The molecule has 5 fully saturated rings. The lowest BCUT2D eigenvalue weighted by atomic mass is 9.35. The Bertz CT molecular complexity index is 730. The van der Waals surface area contributed by atoms with Gasteiger partial charge in [0.05, 0.1) is 12.5 Å². The van der Waals surface area contributed by atoms with Crippen LogP contribution in [0.5, 0.6) is 0 Å². The van der Waals surface area contributed by atoms with E-state index in [1.165, 1.54) is 30.7 Å². The van der Waals surface area contributed by atoms with Gasteiger partial charge in [-0.25, -0.2) is 5.06 Å². The highest BCUT2D eigenvalue weighted by molar-refractivity contribution is 7.98. The number of hydrogen-bond acceptors (Lipinski definition) is 5. The predicted molar refractivity (Wildman–Crippen MR) is 123 cm³/mol. The molecule has 0 aromatic carbocycles. The summed E-state index contributed by atoms with van der Waals surface area (Å²) in [6.45, 7) is 6.23. The van der Waals surface area contributed by atoms with Crippen molar-refractivity contribution >= 4 is 23.6 Å². The Kier molecular flexibility index (Phi) is 6.22. The molecule has 0 heterocycles. The lowest BCUT2D eigenvalue weighted by Gasteiger charge is -2.70. The van der Waals surface area contributed by atoms with E-state index in [4.69, 9.17) is 9.57 Å².